The lowest BCUT2D eigenvalue weighted by atomic mass is 10.1. The molecule has 21 heavy (non-hydrogen) atoms. The summed E-state index contributed by atoms with van der Waals surface area (Å²) in [5.41, 5.74) is 6.79. The molecule has 0 aliphatic carbocycles. The molecule has 0 radical (unpaired) electrons. The highest BCUT2D eigenvalue weighted by molar-refractivity contribution is 5.86. The summed E-state index contributed by atoms with van der Waals surface area (Å²) in [5.74, 6) is -0.125. The Balaban J connectivity index is 1.98. The monoisotopic (exact) mass is 291 g/mol. The quantitative estimate of drug-likeness (QED) is 0.894. The first-order chi connectivity index (χ1) is 9.99. The van der Waals surface area contributed by atoms with Gasteiger partial charge in [-0.2, -0.15) is 0 Å². The molecule has 0 unspecified atom stereocenters. The number of nitrogens with zero attached hydrogens (tertiary/aromatic N) is 2. The summed E-state index contributed by atoms with van der Waals surface area (Å²) < 4.78 is 5.28. The number of carbonyl (C=O) groups is 2. The summed E-state index contributed by atoms with van der Waals surface area (Å²) in [6.07, 6.45) is -0.0238. The average molecular weight is 291 g/mol. The fourth-order valence-corrected chi connectivity index (χ4v) is 2.40. The predicted octanol–water partition coefficient (Wildman–Crippen LogP) is 0.813. The molecule has 0 bridgehead atoms. The highest BCUT2D eigenvalue weighted by Gasteiger charge is 2.39. The second kappa shape index (κ2) is 6.58. The summed E-state index contributed by atoms with van der Waals surface area (Å²) in [6.45, 7) is 0.534. The van der Waals surface area contributed by atoms with Crippen molar-refractivity contribution in [3.8, 4) is 0 Å². The van der Waals surface area contributed by atoms with Crippen LogP contribution in [0, 0.1) is 0 Å². The molecular formula is C15H21N3O3. The Hall–Kier alpha value is -2.08. The molecule has 0 saturated carbocycles. The molecule has 1 aromatic rings. The van der Waals surface area contributed by atoms with E-state index in [4.69, 9.17) is 10.5 Å². The predicted molar refractivity (Wildman–Crippen MR) is 78.4 cm³/mol. The van der Waals surface area contributed by atoms with E-state index in [1.165, 1.54) is 9.80 Å². The van der Waals surface area contributed by atoms with Crippen LogP contribution in [0.4, 0.5) is 4.79 Å². The van der Waals surface area contributed by atoms with Crippen molar-refractivity contribution in [3.05, 3.63) is 35.9 Å². The van der Waals surface area contributed by atoms with Crippen LogP contribution in [0.2, 0.25) is 0 Å². The van der Waals surface area contributed by atoms with Crippen LogP contribution >= 0.6 is 0 Å². The topological polar surface area (TPSA) is 75.9 Å². The van der Waals surface area contributed by atoms with Crippen LogP contribution in [0.1, 0.15) is 12.0 Å². The largest absolute Gasteiger partial charge is 0.445 e. The second-order valence-electron chi connectivity index (χ2n) is 5.44. The van der Waals surface area contributed by atoms with Crippen molar-refractivity contribution in [2.75, 3.05) is 20.6 Å². The van der Waals surface area contributed by atoms with E-state index in [2.05, 4.69) is 0 Å². The van der Waals surface area contributed by atoms with E-state index in [1.807, 2.05) is 30.3 Å². The van der Waals surface area contributed by atoms with Gasteiger partial charge in [-0.15, -0.1) is 0 Å². The Kier molecular flexibility index (Phi) is 4.80. The van der Waals surface area contributed by atoms with Gasteiger partial charge in [0.25, 0.3) is 0 Å². The number of nitrogens with two attached hydrogens (primary N) is 1. The van der Waals surface area contributed by atoms with Crippen molar-refractivity contribution < 1.29 is 14.3 Å². The lowest BCUT2D eigenvalue weighted by molar-refractivity contribution is -0.133. The number of hydrogen-bond donors (Lipinski definition) is 1. The highest BCUT2D eigenvalue weighted by atomic mass is 16.6. The first-order valence-corrected chi connectivity index (χ1v) is 6.93. The van der Waals surface area contributed by atoms with Crippen molar-refractivity contribution in [2.45, 2.75) is 25.1 Å². The van der Waals surface area contributed by atoms with Gasteiger partial charge in [-0.1, -0.05) is 30.3 Å². The van der Waals surface area contributed by atoms with Gasteiger partial charge in [-0.3, -0.25) is 9.69 Å². The van der Waals surface area contributed by atoms with Crippen LogP contribution in [0.3, 0.4) is 0 Å². The molecular weight excluding hydrogens is 270 g/mol. The molecule has 114 valence electrons. The number of likely N-dealkylation sites (tertiary alicyclic amines) is 1. The van der Waals surface area contributed by atoms with Gasteiger partial charge in [0.15, 0.2) is 0 Å². The molecule has 2 atom stereocenters. The Morgan fingerprint density at radius 3 is 2.62 bits per heavy atom. The maximum absolute atomic E-state index is 12.2. The zero-order valence-electron chi connectivity index (χ0n) is 12.4. The first kappa shape index (κ1) is 15.3. The van der Waals surface area contributed by atoms with Gasteiger partial charge < -0.3 is 15.4 Å². The summed E-state index contributed by atoms with van der Waals surface area (Å²) in [7, 11) is 3.33. The Morgan fingerprint density at radius 1 is 1.33 bits per heavy atom. The molecule has 2 rings (SSSR count). The van der Waals surface area contributed by atoms with Gasteiger partial charge in [0.1, 0.15) is 12.6 Å². The van der Waals surface area contributed by atoms with Crippen LogP contribution in [0.15, 0.2) is 30.3 Å². The molecule has 2 amide bonds. The smallest absolute Gasteiger partial charge is 0.410 e. The number of likely N-dealkylation sites (N-methyl/N-ethyl adjacent to an activating group) is 1. The van der Waals surface area contributed by atoms with E-state index < -0.39 is 12.1 Å². The number of rotatable bonds is 3. The number of carbonyl (C=O) groups excluding carboxylic acids is 2. The molecule has 0 spiro atoms. The third-order valence-corrected chi connectivity index (χ3v) is 3.50. The van der Waals surface area contributed by atoms with E-state index in [0.29, 0.717) is 13.0 Å². The van der Waals surface area contributed by atoms with Crippen molar-refractivity contribution in [1.82, 2.24) is 9.80 Å². The molecule has 1 aliphatic rings. The Labute approximate surface area is 124 Å². The standard InChI is InChI=1S/C15H21N3O3/c1-17(2)14(19)13-8-12(16)9-18(13)15(20)21-10-11-6-4-3-5-7-11/h3-7,12-13H,8-10,16H2,1-2H3/t12-,13-/m0/s1. The molecule has 1 aliphatic heterocycles. The molecule has 1 fully saturated rings. The Morgan fingerprint density at radius 2 is 2.00 bits per heavy atom. The molecule has 6 heteroatoms. The fraction of sp³-hybridized carbons (Fsp3) is 0.467. The van der Waals surface area contributed by atoms with Crippen molar-refractivity contribution in [3.63, 3.8) is 0 Å². The first-order valence-electron chi connectivity index (χ1n) is 6.93. The zero-order valence-corrected chi connectivity index (χ0v) is 12.4. The van der Waals surface area contributed by atoms with E-state index in [9.17, 15) is 9.59 Å². The Bertz CT molecular complexity index is 504. The number of ether oxygens (including phenoxy) is 1. The molecule has 1 aromatic carbocycles. The average Bonchev–Trinajstić information content (AvgIpc) is 2.87. The lowest BCUT2D eigenvalue weighted by Crippen LogP contribution is -2.45. The molecule has 0 aromatic heterocycles. The van der Waals surface area contributed by atoms with Crippen LogP contribution in [0.25, 0.3) is 0 Å². The molecule has 1 saturated heterocycles. The maximum atomic E-state index is 12.2. The normalized spacial score (nSPS) is 21.2. The summed E-state index contributed by atoms with van der Waals surface area (Å²) in [5, 5.41) is 0. The van der Waals surface area contributed by atoms with Crippen LogP contribution in [0.5, 0.6) is 0 Å². The van der Waals surface area contributed by atoms with Crippen LogP contribution in [-0.2, 0) is 16.1 Å². The van der Waals surface area contributed by atoms with E-state index in [0.717, 1.165) is 5.56 Å². The van der Waals surface area contributed by atoms with Gasteiger partial charge in [0, 0.05) is 26.7 Å². The van der Waals surface area contributed by atoms with Gasteiger partial charge >= 0.3 is 6.09 Å². The minimum atomic E-state index is -0.529. The molecule has 1 heterocycles. The summed E-state index contributed by atoms with van der Waals surface area (Å²) in [6, 6.07) is 8.70. The second-order valence-corrected chi connectivity index (χ2v) is 5.44. The van der Waals surface area contributed by atoms with Crippen molar-refractivity contribution >= 4 is 12.0 Å². The third-order valence-electron chi connectivity index (χ3n) is 3.50. The lowest BCUT2D eigenvalue weighted by Gasteiger charge is -2.25. The fourth-order valence-electron chi connectivity index (χ4n) is 2.40. The van der Waals surface area contributed by atoms with E-state index in [-0.39, 0.29) is 18.6 Å². The number of benzene rings is 1. The maximum Gasteiger partial charge on any atom is 0.410 e. The summed E-state index contributed by atoms with van der Waals surface area (Å²) in [4.78, 5) is 27.2. The molecule has 2 N–H and O–H groups in total. The van der Waals surface area contributed by atoms with Crippen LogP contribution < -0.4 is 5.73 Å². The highest BCUT2D eigenvalue weighted by Crippen LogP contribution is 2.19. The van der Waals surface area contributed by atoms with Crippen molar-refractivity contribution in [1.29, 1.82) is 0 Å². The van der Waals surface area contributed by atoms with Gasteiger partial charge in [-0.25, -0.2) is 4.79 Å². The summed E-state index contributed by atoms with van der Waals surface area (Å²) >= 11 is 0. The SMILES string of the molecule is CN(C)C(=O)[C@@H]1C[C@H](N)CN1C(=O)OCc1ccccc1. The zero-order chi connectivity index (χ0) is 15.4. The van der Waals surface area contributed by atoms with E-state index in [1.54, 1.807) is 14.1 Å². The van der Waals surface area contributed by atoms with Crippen LogP contribution in [-0.4, -0.2) is 54.5 Å². The molecule has 6 nitrogen and oxygen atoms in total. The number of hydrogen-bond acceptors (Lipinski definition) is 4. The minimum absolute atomic E-state index is 0.125. The third kappa shape index (κ3) is 3.72. The number of amides is 2. The van der Waals surface area contributed by atoms with Gasteiger partial charge in [0.05, 0.1) is 0 Å². The minimum Gasteiger partial charge on any atom is -0.445 e. The van der Waals surface area contributed by atoms with Crippen molar-refractivity contribution in [2.24, 2.45) is 5.73 Å². The van der Waals surface area contributed by atoms with E-state index >= 15 is 0 Å². The van der Waals surface area contributed by atoms with Gasteiger partial charge in [0.2, 0.25) is 5.91 Å². The van der Waals surface area contributed by atoms with Gasteiger partial charge in [-0.05, 0) is 12.0 Å².